The van der Waals surface area contributed by atoms with Crippen molar-refractivity contribution >= 4 is 0 Å². The third kappa shape index (κ3) is 3.47. The largest absolute Gasteiger partial charge is 0.497 e. The number of rotatable bonds is 5. The number of aryl methyl sites for hydroxylation is 1. The maximum absolute atomic E-state index is 9.87. The number of fused-ring (bicyclic) bond motifs is 1. The molecule has 0 bridgehead atoms. The molecular weight excluding hydrogens is 242 g/mol. The highest BCUT2D eigenvalue weighted by Crippen LogP contribution is 2.32. The van der Waals surface area contributed by atoms with E-state index < -0.39 is 5.60 Å². The first kappa shape index (κ1) is 14.3. The Bertz CT molecular complexity index is 431. The second-order valence-electron chi connectivity index (χ2n) is 5.55. The Morgan fingerprint density at radius 3 is 2.95 bits per heavy atom. The van der Waals surface area contributed by atoms with E-state index in [-0.39, 0.29) is 12.6 Å². The predicted molar refractivity (Wildman–Crippen MR) is 74.4 cm³/mol. The van der Waals surface area contributed by atoms with Gasteiger partial charge >= 0.3 is 0 Å². The van der Waals surface area contributed by atoms with E-state index in [9.17, 15) is 5.11 Å². The predicted octanol–water partition coefficient (Wildman–Crippen LogP) is 1.41. The van der Waals surface area contributed by atoms with Gasteiger partial charge in [0.15, 0.2) is 0 Å². The highest BCUT2D eigenvalue weighted by atomic mass is 16.5. The smallest absolute Gasteiger partial charge is 0.119 e. The van der Waals surface area contributed by atoms with Crippen LogP contribution in [-0.2, 0) is 6.42 Å². The van der Waals surface area contributed by atoms with E-state index in [1.807, 2.05) is 6.07 Å². The fourth-order valence-electron chi connectivity index (χ4n) is 2.52. The molecular formula is C15H23NO3. The van der Waals surface area contributed by atoms with E-state index in [2.05, 4.69) is 17.4 Å². The van der Waals surface area contributed by atoms with E-state index in [0.29, 0.717) is 6.54 Å². The van der Waals surface area contributed by atoms with E-state index in [4.69, 9.17) is 9.84 Å². The van der Waals surface area contributed by atoms with Crippen LogP contribution in [0.5, 0.6) is 5.75 Å². The third-order valence-electron chi connectivity index (χ3n) is 3.74. The molecule has 2 atom stereocenters. The summed E-state index contributed by atoms with van der Waals surface area (Å²) >= 11 is 0. The van der Waals surface area contributed by atoms with Gasteiger partial charge in [0.1, 0.15) is 5.75 Å². The maximum Gasteiger partial charge on any atom is 0.119 e. The van der Waals surface area contributed by atoms with Gasteiger partial charge in [-0.1, -0.05) is 6.07 Å². The molecule has 0 saturated heterocycles. The number of methoxy groups -OCH3 is 1. The summed E-state index contributed by atoms with van der Waals surface area (Å²) in [6.45, 7) is 1.78. The Labute approximate surface area is 114 Å². The summed E-state index contributed by atoms with van der Waals surface area (Å²) in [7, 11) is 1.67. The van der Waals surface area contributed by atoms with Gasteiger partial charge in [-0.3, -0.25) is 0 Å². The van der Waals surface area contributed by atoms with Gasteiger partial charge in [-0.2, -0.15) is 0 Å². The van der Waals surface area contributed by atoms with Crippen LogP contribution in [0.15, 0.2) is 18.2 Å². The number of hydrogen-bond donors (Lipinski definition) is 3. The van der Waals surface area contributed by atoms with E-state index >= 15 is 0 Å². The standard InChI is InChI=1S/C15H23NO3/c1-15(18,10-17)9-16-14-5-3-4-11-6-7-12(19-2)8-13(11)14/h6-8,14,16-18H,3-5,9-10H2,1-2H3. The molecule has 1 aliphatic rings. The Morgan fingerprint density at radius 2 is 2.26 bits per heavy atom. The molecule has 0 spiro atoms. The lowest BCUT2D eigenvalue weighted by atomic mass is 9.87. The molecule has 0 heterocycles. The van der Waals surface area contributed by atoms with Crippen LogP contribution in [0.2, 0.25) is 0 Å². The lowest BCUT2D eigenvalue weighted by Gasteiger charge is -2.30. The van der Waals surface area contributed by atoms with Gasteiger partial charge in [0.25, 0.3) is 0 Å². The summed E-state index contributed by atoms with van der Waals surface area (Å²) in [5.74, 6) is 0.862. The summed E-state index contributed by atoms with van der Waals surface area (Å²) in [5, 5.41) is 22.3. The van der Waals surface area contributed by atoms with Crippen LogP contribution in [0.4, 0.5) is 0 Å². The Morgan fingerprint density at radius 1 is 1.47 bits per heavy atom. The molecule has 0 aromatic heterocycles. The number of nitrogens with one attached hydrogen (secondary N) is 1. The van der Waals surface area contributed by atoms with Crippen molar-refractivity contribution in [1.82, 2.24) is 5.32 Å². The topological polar surface area (TPSA) is 61.7 Å². The molecule has 0 radical (unpaired) electrons. The Kier molecular flexibility index (Phi) is 4.45. The van der Waals surface area contributed by atoms with Crippen LogP contribution < -0.4 is 10.1 Å². The van der Waals surface area contributed by atoms with Crippen molar-refractivity contribution < 1.29 is 14.9 Å². The second kappa shape index (κ2) is 5.90. The number of hydrogen-bond acceptors (Lipinski definition) is 4. The molecule has 0 saturated carbocycles. The number of aliphatic hydroxyl groups is 2. The van der Waals surface area contributed by atoms with E-state index in [0.717, 1.165) is 25.0 Å². The first-order chi connectivity index (χ1) is 9.05. The zero-order valence-corrected chi connectivity index (χ0v) is 11.6. The van der Waals surface area contributed by atoms with Crippen molar-refractivity contribution in [3.8, 4) is 5.75 Å². The summed E-state index contributed by atoms with van der Waals surface area (Å²) in [6.07, 6.45) is 3.27. The zero-order chi connectivity index (χ0) is 13.9. The average Bonchev–Trinajstić information content (AvgIpc) is 2.44. The lowest BCUT2D eigenvalue weighted by Crippen LogP contribution is -2.42. The van der Waals surface area contributed by atoms with Crippen molar-refractivity contribution in [3.05, 3.63) is 29.3 Å². The molecule has 2 rings (SSSR count). The second-order valence-corrected chi connectivity index (χ2v) is 5.55. The van der Waals surface area contributed by atoms with Crippen LogP contribution >= 0.6 is 0 Å². The van der Waals surface area contributed by atoms with Crippen molar-refractivity contribution in [2.24, 2.45) is 0 Å². The van der Waals surface area contributed by atoms with Crippen LogP contribution in [0.1, 0.15) is 36.9 Å². The quantitative estimate of drug-likeness (QED) is 0.753. The van der Waals surface area contributed by atoms with E-state index in [1.54, 1.807) is 14.0 Å². The van der Waals surface area contributed by atoms with Crippen LogP contribution in [0.25, 0.3) is 0 Å². The van der Waals surface area contributed by atoms with Gasteiger partial charge < -0.3 is 20.3 Å². The Balaban J connectivity index is 2.12. The SMILES string of the molecule is COc1ccc2c(c1)C(NCC(C)(O)CO)CCC2. The molecule has 0 aliphatic heterocycles. The fourth-order valence-corrected chi connectivity index (χ4v) is 2.52. The fraction of sp³-hybridized carbons (Fsp3) is 0.600. The summed E-state index contributed by atoms with van der Waals surface area (Å²) in [6, 6.07) is 6.40. The van der Waals surface area contributed by atoms with Gasteiger partial charge in [0.2, 0.25) is 0 Å². The Hall–Kier alpha value is -1.10. The van der Waals surface area contributed by atoms with Crippen LogP contribution in [0, 0.1) is 0 Å². The van der Waals surface area contributed by atoms with E-state index in [1.165, 1.54) is 11.1 Å². The van der Waals surface area contributed by atoms with Crippen molar-refractivity contribution in [2.75, 3.05) is 20.3 Å². The first-order valence-corrected chi connectivity index (χ1v) is 6.79. The molecule has 1 aliphatic carbocycles. The zero-order valence-electron chi connectivity index (χ0n) is 11.6. The van der Waals surface area contributed by atoms with Crippen molar-refractivity contribution in [3.63, 3.8) is 0 Å². The summed E-state index contributed by atoms with van der Waals surface area (Å²) in [4.78, 5) is 0. The third-order valence-corrected chi connectivity index (χ3v) is 3.74. The van der Waals surface area contributed by atoms with Crippen molar-refractivity contribution in [2.45, 2.75) is 37.8 Å². The minimum Gasteiger partial charge on any atom is -0.497 e. The maximum atomic E-state index is 9.87. The molecule has 3 N–H and O–H groups in total. The minimum absolute atomic E-state index is 0.219. The highest BCUT2D eigenvalue weighted by molar-refractivity contribution is 5.39. The molecule has 0 amide bonds. The van der Waals surface area contributed by atoms with Gasteiger partial charge in [-0.15, -0.1) is 0 Å². The van der Waals surface area contributed by atoms with Gasteiger partial charge in [0, 0.05) is 12.6 Å². The molecule has 0 fully saturated rings. The molecule has 1 aromatic rings. The number of ether oxygens (including phenoxy) is 1. The normalized spacial score (nSPS) is 21.6. The minimum atomic E-state index is -1.07. The number of aliphatic hydroxyl groups excluding tert-OH is 1. The van der Waals surface area contributed by atoms with Crippen LogP contribution in [0.3, 0.4) is 0 Å². The molecule has 106 valence electrons. The van der Waals surface area contributed by atoms with Crippen molar-refractivity contribution in [1.29, 1.82) is 0 Å². The first-order valence-electron chi connectivity index (χ1n) is 6.79. The average molecular weight is 265 g/mol. The summed E-state index contributed by atoms with van der Waals surface area (Å²) < 4.78 is 5.28. The van der Waals surface area contributed by atoms with Crippen LogP contribution in [-0.4, -0.2) is 36.1 Å². The molecule has 2 unspecified atom stereocenters. The highest BCUT2D eigenvalue weighted by Gasteiger charge is 2.24. The molecule has 19 heavy (non-hydrogen) atoms. The molecule has 1 aromatic carbocycles. The van der Waals surface area contributed by atoms with Gasteiger partial charge in [-0.25, -0.2) is 0 Å². The molecule has 4 heteroatoms. The van der Waals surface area contributed by atoms with Gasteiger partial charge in [-0.05, 0) is 49.4 Å². The summed E-state index contributed by atoms with van der Waals surface area (Å²) in [5.41, 5.74) is 1.52. The number of benzene rings is 1. The lowest BCUT2D eigenvalue weighted by molar-refractivity contribution is 0.000300. The molecule has 4 nitrogen and oxygen atoms in total. The van der Waals surface area contributed by atoms with Gasteiger partial charge in [0.05, 0.1) is 19.3 Å². The monoisotopic (exact) mass is 265 g/mol.